The second-order valence-electron chi connectivity index (χ2n) is 9.73. The zero-order chi connectivity index (χ0) is 24.1. The first kappa shape index (κ1) is 22.9. The molecular weight excluding hydrogens is 636 g/mol. The van der Waals surface area contributed by atoms with Crippen LogP contribution in [0.2, 0.25) is 0 Å². The molecule has 0 fully saturated rings. The van der Waals surface area contributed by atoms with Gasteiger partial charge in [0.25, 0.3) is 0 Å². The molecule has 0 amide bonds. The van der Waals surface area contributed by atoms with Crippen LogP contribution in [0.4, 0.5) is 5.69 Å². The minimum atomic E-state index is -5.00. The Kier molecular flexibility index (Phi) is 4.98. The Morgan fingerprint density at radius 3 is 2.11 bits per heavy atom. The van der Waals surface area contributed by atoms with Crippen molar-refractivity contribution >= 4 is 62.9 Å². The van der Waals surface area contributed by atoms with Gasteiger partial charge < -0.3 is 0 Å². The van der Waals surface area contributed by atoms with Crippen LogP contribution in [0.25, 0.3) is 22.8 Å². The number of nitrogens with zero attached hydrogens (tertiary/aromatic N) is 1. The Morgan fingerprint density at radius 1 is 0.800 bits per heavy atom. The fourth-order valence-corrected chi connectivity index (χ4v) is 21.5. The van der Waals surface area contributed by atoms with E-state index in [1.807, 2.05) is 0 Å². The zero-order valence-electron chi connectivity index (χ0n) is 18.8. The summed E-state index contributed by atoms with van der Waals surface area (Å²) in [5.41, 5.74) is 11.0. The first-order valence-corrected chi connectivity index (χ1v) is 25.1. The van der Waals surface area contributed by atoms with Gasteiger partial charge in [-0.05, 0) is 0 Å². The molecule has 0 spiro atoms. The molecule has 0 bridgehead atoms. The second kappa shape index (κ2) is 7.62. The van der Waals surface area contributed by atoms with E-state index in [0.29, 0.717) is 0 Å². The Labute approximate surface area is 225 Å². The molecular formula is C29H21BrCl2NSZr. The monoisotopic (exact) mass is 654 g/mol. The third-order valence-electron chi connectivity index (χ3n) is 7.84. The number of fused-ring (bicyclic) bond motifs is 8. The van der Waals surface area contributed by atoms with Gasteiger partial charge in [-0.2, -0.15) is 0 Å². The van der Waals surface area contributed by atoms with Crippen LogP contribution in [-0.2, 0) is 14.9 Å². The molecule has 4 aromatic carbocycles. The van der Waals surface area contributed by atoms with Gasteiger partial charge in [-0.25, -0.2) is 0 Å². The number of halogens is 3. The molecule has 35 heavy (non-hydrogen) atoms. The van der Waals surface area contributed by atoms with Crippen molar-refractivity contribution in [2.24, 2.45) is 0 Å². The summed E-state index contributed by atoms with van der Waals surface area (Å²) in [6, 6.07) is 30.1. The third-order valence-corrected chi connectivity index (χ3v) is 23.6. The van der Waals surface area contributed by atoms with Crippen LogP contribution in [-0.4, -0.2) is 7.05 Å². The van der Waals surface area contributed by atoms with Crippen LogP contribution >= 0.6 is 42.3 Å². The van der Waals surface area contributed by atoms with Crippen molar-refractivity contribution in [3.05, 3.63) is 117 Å². The summed E-state index contributed by atoms with van der Waals surface area (Å²) in [5, 5.41) is 0. The first-order chi connectivity index (χ1) is 16.7. The molecule has 6 heteroatoms. The molecule has 1 unspecified atom stereocenters. The van der Waals surface area contributed by atoms with E-state index in [2.05, 4.69) is 119 Å². The summed E-state index contributed by atoms with van der Waals surface area (Å²) in [4.78, 5) is 2.36. The summed E-state index contributed by atoms with van der Waals surface area (Å²) in [5.74, 6) is 0. The van der Waals surface area contributed by atoms with Crippen molar-refractivity contribution in [3.63, 3.8) is 0 Å². The van der Waals surface area contributed by atoms with Crippen LogP contribution in [0.5, 0.6) is 0 Å². The number of likely N-dealkylation sites (N-methyl/N-ethyl adjacent to an activating group) is 1. The van der Waals surface area contributed by atoms with Gasteiger partial charge in [0.2, 0.25) is 0 Å². The number of thiol groups is 1. The standard InChI is InChI=1S/C16H11BrN.C13H9.2ClH.H2S.Zr/c1-18-15-5-3-2-4-13(15)14-9-10-8-11(17)6-7-12(10)16(14)18;1-3-7-12-10(5-1)9-11-6-2-4-8-13(11)12;;;;/h2-4,6-9,16H,1H3;1-9H;2*1H;1H2;/q;;;;;+3/p-3. The Morgan fingerprint density at radius 2 is 1.43 bits per heavy atom. The molecule has 1 atom stereocenters. The van der Waals surface area contributed by atoms with Gasteiger partial charge >= 0.3 is 228 Å². The average Bonchev–Trinajstić information content (AvgIpc) is 3.47. The van der Waals surface area contributed by atoms with E-state index in [0.717, 1.165) is 13.4 Å². The van der Waals surface area contributed by atoms with Crippen molar-refractivity contribution in [3.8, 4) is 11.1 Å². The van der Waals surface area contributed by atoms with Crippen LogP contribution in [0.15, 0.2) is 89.4 Å². The SMILES string of the molecule is CN1c2c(ccc[c]2[Zr]([SH])([Cl])([Cl])[CH]2c3ccccc3-c3ccccc32)C2=Cc3cc(Br)ccc3C21. The molecule has 1 aliphatic heterocycles. The predicted octanol–water partition coefficient (Wildman–Crippen LogP) is 8.73. The molecule has 0 saturated heterocycles. The van der Waals surface area contributed by atoms with Gasteiger partial charge in [0.05, 0.1) is 0 Å². The predicted molar refractivity (Wildman–Crippen MR) is 154 cm³/mol. The summed E-state index contributed by atoms with van der Waals surface area (Å²) < 4.78 is 1.98. The summed E-state index contributed by atoms with van der Waals surface area (Å²) in [6.07, 6.45) is 2.31. The Bertz CT molecular complexity index is 1560. The van der Waals surface area contributed by atoms with E-state index < -0.39 is 14.9 Å². The van der Waals surface area contributed by atoms with Crippen molar-refractivity contribution in [1.82, 2.24) is 0 Å². The molecule has 7 rings (SSSR count). The van der Waals surface area contributed by atoms with Crippen LogP contribution in [0.1, 0.15) is 37.5 Å². The number of rotatable bonds is 2. The zero-order valence-corrected chi connectivity index (χ0v) is 25.3. The number of benzene rings is 4. The van der Waals surface area contributed by atoms with E-state index in [1.54, 1.807) is 0 Å². The fourth-order valence-electron chi connectivity index (χ4n) is 6.46. The van der Waals surface area contributed by atoms with Crippen molar-refractivity contribution in [2.45, 2.75) is 9.67 Å². The molecule has 2 aliphatic carbocycles. The molecule has 0 N–H and O–H groups in total. The third kappa shape index (κ3) is 3.10. The van der Waals surface area contributed by atoms with Gasteiger partial charge in [0.15, 0.2) is 0 Å². The number of para-hydroxylation sites is 1. The number of anilines is 1. The van der Waals surface area contributed by atoms with Gasteiger partial charge in [-0.3, -0.25) is 0 Å². The summed E-state index contributed by atoms with van der Waals surface area (Å²) in [6.45, 7) is 0. The van der Waals surface area contributed by atoms with Crippen molar-refractivity contribution in [1.29, 1.82) is 0 Å². The normalized spacial score (nSPS) is 18.8. The van der Waals surface area contributed by atoms with Gasteiger partial charge in [0, 0.05) is 0 Å². The maximum atomic E-state index is 7.79. The van der Waals surface area contributed by atoms with Gasteiger partial charge in [-0.1, -0.05) is 0 Å². The van der Waals surface area contributed by atoms with Crippen molar-refractivity contribution in [2.75, 3.05) is 11.9 Å². The van der Waals surface area contributed by atoms with E-state index in [9.17, 15) is 0 Å². The molecule has 0 radical (unpaired) electrons. The number of hydrogen-bond acceptors (Lipinski definition) is 2. The summed E-state index contributed by atoms with van der Waals surface area (Å²) >= 11 is -1.38. The van der Waals surface area contributed by atoms with E-state index in [4.69, 9.17) is 26.4 Å². The average molecular weight is 658 g/mol. The molecule has 4 aromatic rings. The maximum absolute atomic E-state index is 7.79. The van der Waals surface area contributed by atoms with E-state index >= 15 is 0 Å². The van der Waals surface area contributed by atoms with Crippen molar-refractivity contribution < 1.29 is 14.9 Å². The Hall–Kier alpha value is -1.29. The quantitative estimate of drug-likeness (QED) is 0.211. The van der Waals surface area contributed by atoms with E-state index in [-0.39, 0.29) is 9.67 Å². The first-order valence-electron chi connectivity index (χ1n) is 11.6. The minimum absolute atomic E-state index is 0.131. The number of hydrogen-bond donors (Lipinski definition) is 1. The molecule has 1 heterocycles. The molecule has 0 saturated carbocycles. The topological polar surface area (TPSA) is 3.24 Å². The van der Waals surface area contributed by atoms with E-state index in [1.165, 1.54) is 44.5 Å². The summed E-state index contributed by atoms with van der Waals surface area (Å²) in [7, 11) is 23.1. The van der Waals surface area contributed by atoms with Crippen LogP contribution < -0.4 is 8.17 Å². The van der Waals surface area contributed by atoms with Gasteiger partial charge in [0.1, 0.15) is 0 Å². The van der Waals surface area contributed by atoms with Crippen LogP contribution in [0, 0.1) is 0 Å². The Balaban J connectivity index is 1.46. The van der Waals surface area contributed by atoms with Gasteiger partial charge in [-0.15, -0.1) is 0 Å². The second-order valence-corrected chi connectivity index (χ2v) is 37.5. The molecule has 1 nitrogen and oxygen atoms in total. The van der Waals surface area contributed by atoms with Crippen LogP contribution in [0.3, 0.4) is 0 Å². The molecule has 0 aromatic heterocycles. The fraction of sp³-hybridized carbons (Fsp3) is 0.103. The molecule has 3 aliphatic rings. The molecule has 173 valence electrons.